The van der Waals surface area contributed by atoms with Gasteiger partial charge in [-0.15, -0.1) is 0 Å². The summed E-state index contributed by atoms with van der Waals surface area (Å²) in [5.41, 5.74) is 4.60. The van der Waals surface area contributed by atoms with E-state index in [9.17, 15) is 9.59 Å². The summed E-state index contributed by atoms with van der Waals surface area (Å²) in [6.45, 7) is 2.04. The molecule has 0 radical (unpaired) electrons. The van der Waals surface area contributed by atoms with Crippen molar-refractivity contribution in [3.63, 3.8) is 0 Å². The Labute approximate surface area is 154 Å². The van der Waals surface area contributed by atoms with Crippen molar-refractivity contribution in [1.82, 2.24) is 10.2 Å². The highest BCUT2D eigenvalue weighted by molar-refractivity contribution is 5.95. The van der Waals surface area contributed by atoms with E-state index in [2.05, 4.69) is 12.2 Å². The van der Waals surface area contributed by atoms with Gasteiger partial charge in [0.05, 0.1) is 13.2 Å². The molecule has 26 heavy (non-hydrogen) atoms. The molecule has 0 bridgehead atoms. The van der Waals surface area contributed by atoms with Crippen molar-refractivity contribution in [2.75, 3.05) is 13.2 Å². The van der Waals surface area contributed by atoms with E-state index in [0.717, 1.165) is 19.3 Å². The van der Waals surface area contributed by atoms with Gasteiger partial charge in [0.25, 0.3) is 0 Å². The minimum Gasteiger partial charge on any atom is -0.391 e. The number of ether oxygens (including phenoxy) is 2. The molecule has 4 N–H and O–H groups in total. The largest absolute Gasteiger partial charge is 0.391 e. The number of urea groups is 1. The van der Waals surface area contributed by atoms with Crippen LogP contribution in [0.25, 0.3) is 0 Å². The van der Waals surface area contributed by atoms with Gasteiger partial charge in [-0.2, -0.15) is 0 Å². The van der Waals surface area contributed by atoms with Gasteiger partial charge in [-0.3, -0.25) is 15.4 Å². The number of amides is 2. The Balaban J connectivity index is 1.78. The third-order valence-electron chi connectivity index (χ3n) is 4.71. The molecule has 3 atom stereocenters. The average Bonchev–Trinajstić information content (AvgIpc) is 3.09. The number of ketones is 1. The minimum absolute atomic E-state index is 0.145. The zero-order valence-electron chi connectivity index (χ0n) is 15.5. The molecule has 2 aliphatic heterocycles. The van der Waals surface area contributed by atoms with Gasteiger partial charge >= 0.3 is 6.03 Å². The lowest BCUT2D eigenvalue weighted by atomic mass is 9.98. The van der Waals surface area contributed by atoms with E-state index in [1.54, 1.807) is 0 Å². The first-order valence-corrected chi connectivity index (χ1v) is 9.50. The van der Waals surface area contributed by atoms with Gasteiger partial charge in [0, 0.05) is 12.6 Å². The Bertz CT molecular complexity index is 513. The van der Waals surface area contributed by atoms with Crippen LogP contribution in [0.3, 0.4) is 0 Å². The number of aliphatic hydroxyl groups excluding tert-OH is 1. The van der Waals surface area contributed by atoms with Crippen LogP contribution in [0, 0.1) is 0 Å². The summed E-state index contributed by atoms with van der Waals surface area (Å²) in [5, 5.41) is 11.6. The molecule has 1 fully saturated rings. The molecule has 2 heterocycles. The lowest BCUT2D eigenvalue weighted by Crippen LogP contribution is -2.65. The summed E-state index contributed by atoms with van der Waals surface area (Å²) < 4.78 is 10.6. The SMILES string of the molecule is CCCCCCCCCC(=O)[C@]1(N)C=CN(C2COC(CO)O2)C(=O)N1. The van der Waals surface area contributed by atoms with Crippen LogP contribution in [0.4, 0.5) is 4.79 Å². The molecule has 0 spiro atoms. The molecule has 2 amide bonds. The van der Waals surface area contributed by atoms with Crippen LogP contribution in [-0.4, -0.2) is 53.2 Å². The smallest absolute Gasteiger partial charge is 0.325 e. The topological polar surface area (TPSA) is 114 Å². The molecule has 1 saturated heterocycles. The molecular formula is C18H31N3O5. The van der Waals surface area contributed by atoms with Crippen LogP contribution < -0.4 is 11.1 Å². The predicted octanol–water partition coefficient (Wildman–Crippen LogP) is 1.58. The third-order valence-corrected chi connectivity index (χ3v) is 4.71. The van der Waals surface area contributed by atoms with Crippen molar-refractivity contribution < 1.29 is 24.2 Å². The molecule has 2 unspecified atom stereocenters. The number of hydrogen-bond acceptors (Lipinski definition) is 6. The van der Waals surface area contributed by atoms with Crippen molar-refractivity contribution in [3.05, 3.63) is 12.3 Å². The standard InChI is InChI=1S/C18H31N3O5/c1-2-3-4-5-6-7-8-9-14(23)18(19)10-11-21(17(24)20-18)15-13-25-16(12-22)26-15/h10-11,15-16,22H,2-9,12-13,19H2,1H3,(H,20,24)/t15?,16?,18-/m0/s1. The van der Waals surface area contributed by atoms with Gasteiger partial charge in [0.15, 0.2) is 24.0 Å². The Morgan fingerprint density at radius 2 is 2.04 bits per heavy atom. The van der Waals surface area contributed by atoms with Gasteiger partial charge in [-0.1, -0.05) is 45.4 Å². The number of carbonyl (C=O) groups excluding carboxylic acids is 2. The normalized spacial score (nSPS) is 28.4. The van der Waals surface area contributed by atoms with E-state index in [0.29, 0.717) is 6.42 Å². The van der Waals surface area contributed by atoms with E-state index >= 15 is 0 Å². The molecule has 8 heteroatoms. The number of unbranched alkanes of at least 4 members (excludes halogenated alkanes) is 6. The lowest BCUT2D eigenvalue weighted by Gasteiger charge is -2.35. The first-order chi connectivity index (χ1) is 12.5. The molecule has 8 nitrogen and oxygen atoms in total. The van der Waals surface area contributed by atoms with E-state index in [1.165, 1.54) is 42.9 Å². The summed E-state index contributed by atoms with van der Waals surface area (Å²) >= 11 is 0. The van der Waals surface area contributed by atoms with E-state index in [4.69, 9.17) is 20.3 Å². The van der Waals surface area contributed by atoms with Crippen LogP contribution in [0.1, 0.15) is 58.3 Å². The predicted molar refractivity (Wildman–Crippen MR) is 95.7 cm³/mol. The van der Waals surface area contributed by atoms with Crippen molar-refractivity contribution in [1.29, 1.82) is 0 Å². The maximum absolute atomic E-state index is 12.4. The summed E-state index contributed by atoms with van der Waals surface area (Å²) in [6.07, 6.45) is 9.67. The molecule has 0 aromatic rings. The zero-order valence-corrected chi connectivity index (χ0v) is 15.5. The van der Waals surface area contributed by atoms with Gasteiger partial charge in [0.2, 0.25) is 0 Å². The first-order valence-electron chi connectivity index (χ1n) is 9.50. The van der Waals surface area contributed by atoms with Crippen LogP contribution >= 0.6 is 0 Å². The van der Waals surface area contributed by atoms with Crippen molar-refractivity contribution >= 4 is 11.8 Å². The monoisotopic (exact) mass is 369 g/mol. The van der Waals surface area contributed by atoms with Crippen LogP contribution in [0.2, 0.25) is 0 Å². The Morgan fingerprint density at radius 1 is 1.35 bits per heavy atom. The molecule has 0 aliphatic carbocycles. The Morgan fingerprint density at radius 3 is 2.65 bits per heavy atom. The lowest BCUT2D eigenvalue weighted by molar-refractivity contribution is -0.124. The molecule has 0 aromatic heterocycles. The average molecular weight is 369 g/mol. The fourth-order valence-electron chi connectivity index (χ4n) is 3.07. The fraction of sp³-hybridized carbons (Fsp3) is 0.778. The molecule has 148 valence electrons. The van der Waals surface area contributed by atoms with Gasteiger partial charge in [0.1, 0.15) is 0 Å². The quantitative estimate of drug-likeness (QED) is 0.477. The molecule has 2 rings (SSSR count). The second kappa shape index (κ2) is 10.0. The van der Waals surface area contributed by atoms with Crippen LogP contribution in [0.15, 0.2) is 12.3 Å². The third kappa shape index (κ3) is 5.51. The summed E-state index contributed by atoms with van der Waals surface area (Å²) in [7, 11) is 0. The highest BCUT2D eigenvalue weighted by atomic mass is 16.7. The summed E-state index contributed by atoms with van der Waals surface area (Å²) in [5.74, 6) is -0.202. The number of carbonyl (C=O) groups is 2. The Kier molecular flexibility index (Phi) is 8.02. The zero-order chi connectivity index (χ0) is 19.0. The number of nitrogens with zero attached hydrogens (tertiary/aromatic N) is 1. The number of rotatable bonds is 11. The first kappa shape index (κ1) is 20.8. The second-order valence-corrected chi connectivity index (χ2v) is 6.85. The van der Waals surface area contributed by atoms with E-state index in [1.807, 2.05) is 0 Å². The molecule has 0 aromatic carbocycles. The van der Waals surface area contributed by atoms with E-state index in [-0.39, 0.29) is 19.0 Å². The summed E-state index contributed by atoms with van der Waals surface area (Å²) in [4.78, 5) is 26.0. The van der Waals surface area contributed by atoms with Crippen LogP contribution in [-0.2, 0) is 14.3 Å². The van der Waals surface area contributed by atoms with Gasteiger partial charge < -0.3 is 19.9 Å². The minimum atomic E-state index is -1.48. The maximum Gasteiger partial charge on any atom is 0.325 e. The van der Waals surface area contributed by atoms with Crippen molar-refractivity contribution in [2.45, 2.75) is 76.5 Å². The number of aliphatic hydroxyl groups is 1. The summed E-state index contributed by atoms with van der Waals surface area (Å²) in [6, 6.07) is -0.518. The molecular weight excluding hydrogens is 338 g/mol. The number of nitrogens with one attached hydrogen (secondary N) is 1. The highest BCUT2D eigenvalue weighted by Crippen LogP contribution is 2.21. The maximum atomic E-state index is 12.4. The molecule has 2 aliphatic rings. The van der Waals surface area contributed by atoms with Gasteiger partial charge in [-0.05, 0) is 12.5 Å². The van der Waals surface area contributed by atoms with Gasteiger partial charge in [-0.25, -0.2) is 4.79 Å². The highest BCUT2D eigenvalue weighted by Gasteiger charge is 2.41. The fourth-order valence-corrected chi connectivity index (χ4v) is 3.07. The Hall–Kier alpha value is -1.48. The molecule has 0 saturated carbocycles. The van der Waals surface area contributed by atoms with Crippen LogP contribution in [0.5, 0.6) is 0 Å². The van der Waals surface area contributed by atoms with Crippen molar-refractivity contribution in [2.24, 2.45) is 5.73 Å². The van der Waals surface area contributed by atoms with Crippen molar-refractivity contribution in [3.8, 4) is 0 Å². The number of Topliss-reactive ketones (excluding diaryl/α,β-unsaturated/α-hetero) is 1. The number of hydrogen-bond donors (Lipinski definition) is 3. The number of nitrogens with two attached hydrogens (primary N) is 1. The van der Waals surface area contributed by atoms with E-state index < -0.39 is 24.2 Å². The second-order valence-electron chi connectivity index (χ2n) is 6.85.